The number of imidazole rings is 1. The highest BCUT2D eigenvalue weighted by molar-refractivity contribution is 5.42. The van der Waals surface area contributed by atoms with E-state index in [0.717, 1.165) is 31.7 Å². The quantitative estimate of drug-likeness (QED) is 0.730. The van der Waals surface area contributed by atoms with Crippen LogP contribution in [0.25, 0.3) is 5.65 Å². The normalized spacial score (nSPS) is 11.4. The maximum atomic E-state index is 5.80. The Balaban J connectivity index is 1.70. The molecule has 0 radical (unpaired) electrons. The average molecular weight is 308 g/mol. The summed E-state index contributed by atoms with van der Waals surface area (Å²) < 4.78 is 2.17. The minimum Gasteiger partial charge on any atom is -0.329 e. The van der Waals surface area contributed by atoms with Crippen LogP contribution in [0.1, 0.15) is 16.8 Å². The van der Waals surface area contributed by atoms with E-state index < -0.39 is 0 Å². The summed E-state index contributed by atoms with van der Waals surface area (Å²) in [6.07, 6.45) is 5.11. The molecule has 0 bridgehead atoms. The van der Waals surface area contributed by atoms with Gasteiger partial charge in [0.1, 0.15) is 5.65 Å². The van der Waals surface area contributed by atoms with Crippen molar-refractivity contribution in [3.63, 3.8) is 0 Å². The molecule has 0 atom stereocenters. The predicted molar refractivity (Wildman–Crippen MR) is 94.4 cm³/mol. The number of hydrogen-bond acceptors (Lipinski definition) is 3. The van der Waals surface area contributed by atoms with Crippen LogP contribution in [0.2, 0.25) is 0 Å². The number of aromatic nitrogens is 2. The highest BCUT2D eigenvalue weighted by atomic mass is 15.1. The van der Waals surface area contributed by atoms with Gasteiger partial charge in [0, 0.05) is 32.4 Å². The SMILES string of the molecule is Cc1ccn2c(CN(CCN)CCc3ccccc3)cnc2c1. The van der Waals surface area contributed by atoms with Crippen molar-refractivity contribution in [1.29, 1.82) is 0 Å². The van der Waals surface area contributed by atoms with E-state index in [1.807, 2.05) is 6.20 Å². The first kappa shape index (κ1) is 15.7. The molecule has 2 heterocycles. The lowest BCUT2D eigenvalue weighted by molar-refractivity contribution is 0.272. The first-order valence-corrected chi connectivity index (χ1v) is 8.15. The zero-order valence-corrected chi connectivity index (χ0v) is 13.7. The van der Waals surface area contributed by atoms with Crippen LogP contribution in [0.5, 0.6) is 0 Å². The topological polar surface area (TPSA) is 46.6 Å². The molecule has 4 nitrogen and oxygen atoms in total. The second-order valence-corrected chi connectivity index (χ2v) is 5.98. The Morgan fingerprint density at radius 3 is 2.74 bits per heavy atom. The fourth-order valence-corrected chi connectivity index (χ4v) is 2.87. The van der Waals surface area contributed by atoms with E-state index in [2.05, 4.69) is 69.9 Å². The number of fused-ring (bicyclic) bond motifs is 1. The van der Waals surface area contributed by atoms with Crippen LogP contribution in [-0.2, 0) is 13.0 Å². The van der Waals surface area contributed by atoms with Gasteiger partial charge in [-0.05, 0) is 36.6 Å². The summed E-state index contributed by atoms with van der Waals surface area (Å²) in [6, 6.07) is 14.8. The Morgan fingerprint density at radius 1 is 1.13 bits per heavy atom. The van der Waals surface area contributed by atoms with Crippen LogP contribution in [0.3, 0.4) is 0 Å². The molecule has 0 aliphatic heterocycles. The monoisotopic (exact) mass is 308 g/mol. The first-order valence-electron chi connectivity index (χ1n) is 8.15. The van der Waals surface area contributed by atoms with Crippen molar-refractivity contribution >= 4 is 5.65 Å². The third-order valence-electron chi connectivity index (χ3n) is 4.14. The Hall–Kier alpha value is -2.17. The highest BCUT2D eigenvalue weighted by Gasteiger charge is 2.10. The number of aryl methyl sites for hydroxylation is 1. The second kappa shape index (κ2) is 7.40. The molecule has 0 saturated heterocycles. The van der Waals surface area contributed by atoms with Crippen LogP contribution >= 0.6 is 0 Å². The third-order valence-corrected chi connectivity index (χ3v) is 4.14. The molecular weight excluding hydrogens is 284 g/mol. The molecule has 4 heteroatoms. The number of benzene rings is 1. The van der Waals surface area contributed by atoms with Crippen LogP contribution in [0.4, 0.5) is 0 Å². The van der Waals surface area contributed by atoms with Gasteiger partial charge < -0.3 is 10.1 Å². The Bertz CT molecular complexity index is 748. The van der Waals surface area contributed by atoms with Crippen molar-refractivity contribution in [3.8, 4) is 0 Å². The van der Waals surface area contributed by atoms with Crippen LogP contribution < -0.4 is 5.73 Å². The summed E-state index contributed by atoms with van der Waals surface area (Å²) in [5.41, 5.74) is 10.6. The summed E-state index contributed by atoms with van der Waals surface area (Å²) in [5.74, 6) is 0. The predicted octanol–water partition coefficient (Wildman–Crippen LogP) is 2.65. The standard InChI is InChI=1S/C19H24N4/c1-16-7-11-23-18(14-21-19(23)13-16)15-22(12-9-20)10-8-17-5-3-2-4-6-17/h2-7,11,13-14H,8-10,12,15,20H2,1H3. The van der Waals surface area contributed by atoms with Gasteiger partial charge >= 0.3 is 0 Å². The van der Waals surface area contributed by atoms with Crippen molar-refractivity contribution in [1.82, 2.24) is 14.3 Å². The minimum atomic E-state index is 0.671. The largest absolute Gasteiger partial charge is 0.329 e. The summed E-state index contributed by atoms with van der Waals surface area (Å²) >= 11 is 0. The molecule has 3 rings (SSSR count). The Morgan fingerprint density at radius 2 is 1.96 bits per heavy atom. The molecule has 0 amide bonds. The molecular formula is C19H24N4. The van der Waals surface area contributed by atoms with E-state index >= 15 is 0 Å². The van der Waals surface area contributed by atoms with Crippen LogP contribution in [0, 0.1) is 6.92 Å². The molecule has 3 aromatic rings. The van der Waals surface area contributed by atoms with E-state index in [1.165, 1.54) is 16.8 Å². The summed E-state index contributed by atoms with van der Waals surface area (Å²) in [7, 11) is 0. The zero-order chi connectivity index (χ0) is 16.1. The van der Waals surface area contributed by atoms with Gasteiger partial charge in [-0.25, -0.2) is 4.98 Å². The van der Waals surface area contributed by atoms with E-state index in [0.29, 0.717) is 6.54 Å². The molecule has 0 saturated carbocycles. The molecule has 0 aliphatic carbocycles. The van der Waals surface area contributed by atoms with Crippen molar-refractivity contribution in [2.75, 3.05) is 19.6 Å². The van der Waals surface area contributed by atoms with Gasteiger partial charge in [-0.2, -0.15) is 0 Å². The number of hydrogen-bond donors (Lipinski definition) is 1. The van der Waals surface area contributed by atoms with Gasteiger partial charge in [-0.3, -0.25) is 4.90 Å². The molecule has 1 aromatic carbocycles. The molecule has 2 N–H and O–H groups in total. The van der Waals surface area contributed by atoms with E-state index in [1.54, 1.807) is 0 Å². The fourth-order valence-electron chi connectivity index (χ4n) is 2.87. The maximum absolute atomic E-state index is 5.80. The van der Waals surface area contributed by atoms with Crippen molar-refractivity contribution in [2.45, 2.75) is 19.9 Å². The van der Waals surface area contributed by atoms with Gasteiger partial charge in [0.25, 0.3) is 0 Å². The number of pyridine rings is 1. The molecule has 120 valence electrons. The van der Waals surface area contributed by atoms with Gasteiger partial charge in [-0.1, -0.05) is 30.3 Å². The average Bonchev–Trinajstić information content (AvgIpc) is 2.96. The van der Waals surface area contributed by atoms with Gasteiger partial charge in [-0.15, -0.1) is 0 Å². The third kappa shape index (κ3) is 3.97. The van der Waals surface area contributed by atoms with E-state index in [9.17, 15) is 0 Å². The van der Waals surface area contributed by atoms with Gasteiger partial charge in [0.05, 0.1) is 11.9 Å². The van der Waals surface area contributed by atoms with E-state index in [-0.39, 0.29) is 0 Å². The van der Waals surface area contributed by atoms with E-state index in [4.69, 9.17) is 5.73 Å². The lowest BCUT2D eigenvalue weighted by atomic mass is 10.1. The highest BCUT2D eigenvalue weighted by Crippen LogP contribution is 2.12. The summed E-state index contributed by atoms with van der Waals surface area (Å²) in [4.78, 5) is 6.92. The zero-order valence-electron chi connectivity index (χ0n) is 13.7. The first-order chi connectivity index (χ1) is 11.3. The maximum Gasteiger partial charge on any atom is 0.137 e. The number of rotatable bonds is 7. The molecule has 2 aromatic heterocycles. The lowest BCUT2D eigenvalue weighted by Crippen LogP contribution is -2.31. The molecule has 0 aliphatic rings. The Kier molecular flexibility index (Phi) is 5.05. The number of nitrogens with zero attached hydrogens (tertiary/aromatic N) is 3. The van der Waals surface area contributed by atoms with Crippen LogP contribution in [-0.4, -0.2) is 33.9 Å². The summed E-state index contributed by atoms with van der Waals surface area (Å²) in [5, 5.41) is 0. The Labute approximate surface area is 137 Å². The van der Waals surface area contributed by atoms with Crippen LogP contribution in [0.15, 0.2) is 54.9 Å². The van der Waals surface area contributed by atoms with Crippen molar-refractivity contribution < 1.29 is 0 Å². The molecule has 0 spiro atoms. The second-order valence-electron chi connectivity index (χ2n) is 5.98. The molecule has 23 heavy (non-hydrogen) atoms. The fraction of sp³-hybridized carbons (Fsp3) is 0.316. The molecule has 0 fully saturated rings. The smallest absolute Gasteiger partial charge is 0.137 e. The van der Waals surface area contributed by atoms with Gasteiger partial charge in [0.2, 0.25) is 0 Å². The number of nitrogens with two attached hydrogens (primary N) is 1. The van der Waals surface area contributed by atoms with Gasteiger partial charge in [0.15, 0.2) is 0 Å². The molecule has 0 unspecified atom stereocenters. The van der Waals surface area contributed by atoms with Crippen molar-refractivity contribution in [3.05, 3.63) is 71.7 Å². The minimum absolute atomic E-state index is 0.671. The van der Waals surface area contributed by atoms with Crippen molar-refractivity contribution in [2.24, 2.45) is 5.73 Å². The lowest BCUT2D eigenvalue weighted by Gasteiger charge is -2.21. The summed E-state index contributed by atoms with van der Waals surface area (Å²) in [6.45, 7) is 5.53.